The van der Waals surface area contributed by atoms with Gasteiger partial charge in [0.05, 0.1) is 0 Å². The maximum atomic E-state index is 9.03. The summed E-state index contributed by atoms with van der Waals surface area (Å²) < 4.78 is 0. The van der Waals surface area contributed by atoms with Gasteiger partial charge < -0.3 is 15.8 Å². The van der Waals surface area contributed by atoms with Crippen LogP contribution in [0.4, 0.5) is 5.69 Å². The second-order valence-electron chi connectivity index (χ2n) is 6.14. The number of oxime groups is 1. The lowest BCUT2D eigenvalue weighted by molar-refractivity contribution is 0.133. The zero-order valence-corrected chi connectivity index (χ0v) is 12.6. The van der Waals surface area contributed by atoms with Gasteiger partial charge in [-0.15, -0.1) is 0 Å². The maximum absolute atomic E-state index is 9.03. The lowest BCUT2D eigenvalue weighted by Gasteiger charge is -2.45. The summed E-state index contributed by atoms with van der Waals surface area (Å²) in [5.41, 5.74) is 8.91. The van der Waals surface area contributed by atoms with Crippen LogP contribution < -0.4 is 10.6 Å². The first-order valence-corrected chi connectivity index (χ1v) is 7.76. The average Bonchev–Trinajstić information content (AvgIpc) is 2.53. The topological polar surface area (TPSA) is 65.1 Å². The highest BCUT2D eigenvalue weighted by atomic mass is 16.4. The van der Waals surface area contributed by atoms with Gasteiger partial charge in [-0.2, -0.15) is 0 Å². The van der Waals surface area contributed by atoms with Gasteiger partial charge in [-0.25, -0.2) is 0 Å². The van der Waals surface area contributed by atoms with E-state index >= 15 is 0 Å². The minimum Gasteiger partial charge on any atom is -0.409 e. The fourth-order valence-corrected chi connectivity index (χ4v) is 3.56. The van der Waals surface area contributed by atoms with Crippen molar-refractivity contribution in [3.8, 4) is 0 Å². The summed E-state index contributed by atoms with van der Waals surface area (Å²) in [5, 5.41) is 12.2. The molecule has 2 heterocycles. The Hall–Kier alpha value is -1.75. The molecule has 0 spiro atoms. The van der Waals surface area contributed by atoms with Crippen LogP contribution in [0.1, 0.15) is 30.4 Å². The van der Waals surface area contributed by atoms with Crippen LogP contribution in [-0.2, 0) is 0 Å². The molecule has 2 fully saturated rings. The van der Waals surface area contributed by atoms with E-state index in [0.717, 1.165) is 36.4 Å². The zero-order valence-electron chi connectivity index (χ0n) is 12.6. The van der Waals surface area contributed by atoms with E-state index in [2.05, 4.69) is 27.1 Å². The average molecular weight is 288 g/mol. The summed E-state index contributed by atoms with van der Waals surface area (Å²) in [5.74, 6) is 0.194. The molecule has 2 saturated heterocycles. The van der Waals surface area contributed by atoms with E-state index in [-0.39, 0.29) is 5.84 Å². The Morgan fingerprint density at radius 1 is 1.29 bits per heavy atom. The summed E-state index contributed by atoms with van der Waals surface area (Å²) in [6.07, 6.45) is 3.94. The fraction of sp³-hybridized carbons (Fsp3) is 0.562. The first-order valence-electron chi connectivity index (χ1n) is 7.76. The number of nitrogens with zero attached hydrogens (tertiary/aromatic N) is 3. The quantitative estimate of drug-likeness (QED) is 0.377. The molecule has 3 N–H and O–H groups in total. The molecule has 3 rings (SSSR count). The van der Waals surface area contributed by atoms with Gasteiger partial charge >= 0.3 is 0 Å². The van der Waals surface area contributed by atoms with Gasteiger partial charge in [0, 0.05) is 36.9 Å². The van der Waals surface area contributed by atoms with Gasteiger partial charge in [-0.05, 0) is 38.4 Å². The van der Waals surface area contributed by atoms with Crippen LogP contribution in [0, 0.1) is 6.92 Å². The molecule has 5 nitrogen and oxygen atoms in total. The molecule has 1 aromatic rings. The van der Waals surface area contributed by atoms with E-state index in [1.165, 1.54) is 25.8 Å². The SMILES string of the molecule is Cc1ccc(N2CCN3CCCCC3C2)c(/C(N)=N/O)c1. The van der Waals surface area contributed by atoms with Crippen molar-refractivity contribution in [1.82, 2.24) is 4.90 Å². The Balaban J connectivity index is 1.86. The molecule has 2 aliphatic heterocycles. The Labute approximate surface area is 126 Å². The molecule has 5 heteroatoms. The van der Waals surface area contributed by atoms with E-state index in [4.69, 9.17) is 10.9 Å². The van der Waals surface area contributed by atoms with E-state index < -0.39 is 0 Å². The van der Waals surface area contributed by atoms with Crippen molar-refractivity contribution in [3.05, 3.63) is 29.3 Å². The largest absolute Gasteiger partial charge is 0.409 e. The summed E-state index contributed by atoms with van der Waals surface area (Å²) in [6, 6.07) is 6.84. The molecule has 0 saturated carbocycles. The Morgan fingerprint density at radius 2 is 2.14 bits per heavy atom. The van der Waals surface area contributed by atoms with Crippen LogP contribution in [0.25, 0.3) is 0 Å². The fourth-order valence-electron chi connectivity index (χ4n) is 3.56. The van der Waals surface area contributed by atoms with E-state index in [1.807, 2.05) is 13.0 Å². The molecule has 1 aromatic carbocycles. The number of rotatable bonds is 2. The van der Waals surface area contributed by atoms with Crippen molar-refractivity contribution in [2.75, 3.05) is 31.1 Å². The highest BCUT2D eigenvalue weighted by molar-refractivity contribution is 6.02. The lowest BCUT2D eigenvalue weighted by Crippen LogP contribution is -2.55. The Kier molecular flexibility index (Phi) is 4.01. The van der Waals surface area contributed by atoms with Gasteiger partial charge in [-0.3, -0.25) is 4.90 Å². The molecular formula is C16H24N4O. The van der Waals surface area contributed by atoms with Gasteiger partial charge in [0.15, 0.2) is 5.84 Å². The Bertz CT molecular complexity index is 543. The highest BCUT2D eigenvalue weighted by Gasteiger charge is 2.30. The van der Waals surface area contributed by atoms with E-state index in [9.17, 15) is 0 Å². The van der Waals surface area contributed by atoms with Crippen molar-refractivity contribution < 1.29 is 5.21 Å². The Morgan fingerprint density at radius 3 is 2.95 bits per heavy atom. The number of benzene rings is 1. The number of nitrogens with two attached hydrogens (primary N) is 1. The van der Waals surface area contributed by atoms with Crippen molar-refractivity contribution in [1.29, 1.82) is 0 Å². The van der Waals surface area contributed by atoms with Gasteiger partial charge in [0.1, 0.15) is 0 Å². The molecule has 2 aliphatic rings. The van der Waals surface area contributed by atoms with E-state index in [0.29, 0.717) is 6.04 Å². The molecule has 21 heavy (non-hydrogen) atoms. The maximum Gasteiger partial charge on any atom is 0.172 e. The monoisotopic (exact) mass is 288 g/mol. The van der Waals surface area contributed by atoms with Crippen LogP contribution >= 0.6 is 0 Å². The first-order chi connectivity index (χ1) is 10.2. The number of hydrogen-bond acceptors (Lipinski definition) is 4. The number of anilines is 1. The third kappa shape index (κ3) is 2.83. The predicted octanol–water partition coefficient (Wildman–Crippen LogP) is 1.76. The van der Waals surface area contributed by atoms with Crippen molar-refractivity contribution in [2.24, 2.45) is 10.9 Å². The minimum atomic E-state index is 0.194. The van der Waals surface area contributed by atoms with Gasteiger partial charge in [0.25, 0.3) is 0 Å². The highest BCUT2D eigenvalue weighted by Crippen LogP contribution is 2.28. The number of fused-ring (bicyclic) bond motifs is 1. The number of hydrogen-bond donors (Lipinski definition) is 2. The van der Waals surface area contributed by atoms with Crippen molar-refractivity contribution in [2.45, 2.75) is 32.2 Å². The number of amidine groups is 1. The zero-order chi connectivity index (χ0) is 14.8. The molecule has 0 amide bonds. The standard InChI is InChI=1S/C16H24N4O/c1-12-5-6-15(14(10-12)16(17)18-21)20-9-8-19-7-3-2-4-13(19)11-20/h5-6,10,13,21H,2-4,7-9,11H2,1H3,(H2,17,18). The van der Waals surface area contributed by atoms with Crippen LogP contribution in [0.15, 0.2) is 23.4 Å². The third-order valence-electron chi connectivity index (χ3n) is 4.71. The van der Waals surface area contributed by atoms with Crippen molar-refractivity contribution >= 4 is 11.5 Å². The predicted molar refractivity (Wildman–Crippen MR) is 85.1 cm³/mol. The molecule has 0 aliphatic carbocycles. The smallest absolute Gasteiger partial charge is 0.172 e. The first kappa shape index (κ1) is 14.2. The van der Waals surface area contributed by atoms with Gasteiger partial charge in [-0.1, -0.05) is 23.2 Å². The summed E-state index contributed by atoms with van der Waals surface area (Å²) in [4.78, 5) is 5.00. The molecule has 1 atom stereocenters. The number of piperazine rings is 1. The molecule has 0 bridgehead atoms. The molecule has 0 aromatic heterocycles. The number of aryl methyl sites for hydroxylation is 1. The van der Waals surface area contributed by atoms with Crippen LogP contribution in [-0.4, -0.2) is 48.2 Å². The van der Waals surface area contributed by atoms with Crippen LogP contribution in [0.2, 0.25) is 0 Å². The molecule has 1 unspecified atom stereocenters. The molecule has 0 radical (unpaired) electrons. The molecular weight excluding hydrogens is 264 g/mol. The lowest BCUT2D eigenvalue weighted by atomic mass is 9.98. The second kappa shape index (κ2) is 5.93. The summed E-state index contributed by atoms with van der Waals surface area (Å²) >= 11 is 0. The molecule has 114 valence electrons. The third-order valence-corrected chi connectivity index (χ3v) is 4.71. The van der Waals surface area contributed by atoms with Gasteiger partial charge in [0.2, 0.25) is 0 Å². The second-order valence-corrected chi connectivity index (χ2v) is 6.14. The number of piperidine rings is 1. The van der Waals surface area contributed by atoms with E-state index in [1.54, 1.807) is 0 Å². The van der Waals surface area contributed by atoms with Crippen LogP contribution in [0.5, 0.6) is 0 Å². The summed E-state index contributed by atoms with van der Waals surface area (Å²) in [6.45, 7) is 6.41. The van der Waals surface area contributed by atoms with Crippen molar-refractivity contribution in [3.63, 3.8) is 0 Å². The normalized spacial score (nSPS) is 24.0. The summed E-state index contributed by atoms with van der Waals surface area (Å²) in [7, 11) is 0. The minimum absolute atomic E-state index is 0.194. The van der Waals surface area contributed by atoms with Crippen LogP contribution in [0.3, 0.4) is 0 Å².